The highest BCUT2D eigenvalue weighted by Gasteiger charge is 2.29. The third-order valence-corrected chi connectivity index (χ3v) is 6.32. The quantitative estimate of drug-likeness (QED) is 0.754. The van der Waals surface area contributed by atoms with Gasteiger partial charge in [0, 0.05) is 10.6 Å². The zero-order valence-electron chi connectivity index (χ0n) is 12.0. The van der Waals surface area contributed by atoms with Crippen molar-refractivity contribution in [2.75, 3.05) is 25.3 Å². The Kier molecular flexibility index (Phi) is 4.72. The van der Waals surface area contributed by atoms with Crippen molar-refractivity contribution >= 4 is 27.7 Å². The highest BCUT2D eigenvalue weighted by Crippen LogP contribution is 2.46. The van der Waals surface area contributed by atoms with Crippen molar-refractivity contribution < 1.29 is 9.47 Å². The molecule has 1 atom stereocenters. The summed E-state index contributed by atoms with van der Waals surface area (Å²) in [6, 6.07) is 4.30. The second kappa shape index (κ2) is 5.96. The van der Waals surface area contributed by atoms with Crippen LogP contribution in [-0.4, -0.2) is 25.3 Å². The molecule has 0 N–H and O–H groups in total. The van der Waals surface area contributed by atoms with Gasteiger partial charge < -0.3 is 9.47 Å². The highest BCUT2D eigenvalue weighted by molar-refractivity contribution is 9.09. The molecule has 4 heteroatoms. The minimum absolute atomic E-state index is 0.315. The zero-order chi connectivity index (χ0) is 14.0. The molecule has 1 unspecified atom stereocenters. The average Bonchev–Trinajstić information content (AvgIpc) is 2.51. The van der Waals surface area contributed by atoms with E-state index < -0.39 is 0 Å². The van der Waals surface area contributed by atoms with E-state index in [1.165, 1.54) is 16.9 Å². The Morgan fingerprint density at radius 1 is 1.26 bits per heavy atom. The van der Waals surface area contributed by atoms with Crippen molar-refractivity contribution in [1.82, 2.24) is 0 Å². The number of rotatable bonds is 3. The van der Waals surface area contributed by atoms with Crippen molar-refractivity contribution in [2.45, 2.75) is 25.5 Å². The molecule has 0 aliphatic carbocycles. The van der Waals surface area contributed by atoms with Crippen molar-refractivity contribution in [1.29, 1.82) is 0 Å². The van der Waals surface area contributed by atoms with Crippen LogP contribution in [0.2, 0.25) is 0 Å². The van der Waals surface area contributed by atoms with E-state index in [0.29, 0.717) is 10.7 Å². The van der Waals surface area contributed by atoms with Crippen LogP contribution in [0.1, 0.15) is 30.2 Å². The third kappa shape index (κ3) is 3.22. The minimum atomic E-state index is 0.315. The van der Waals surface area contributed by atoms with Gasteiger partial charge in [0.25, 0.3) is 0 Å². The van der Waals surface area contributed by atoms with Crippen LogP contribution in [0, 0.1) is 5.41 Å². The van der Waals surface area contributed by atoms with Crippen LogP contribution in [0.15, 0.2) is 12.1 Å². The lowest BCUT2D eigenvalue weighted by Gasteiger charge is -2.22. The molecule has 0 amide bonds. The Hall–Kier alpha value is -0.350. The van der Waals surface area contributed by atoms with E-state index in [1.54, 1.807) is 14.2 Å². The van der Waals surface area contributed by atoms with Gasteiger partial charge in [0.15, 0.2) is 11.5 Å². The van der Waals surface area contributed by atoms with Gasteiger partial charge in [0.1, 0.15) is 0 Å². The number of halogens is 1. The Balaban J connectivity index is 2.52. The van der Waals surface area contributed by atoms with Gasteiger partial charge in [0.2, 0.25) is 0 Å². The van der Waals surface area contributed by atoms with Crippen molar-refractivity contribution in [3.05, 3.63) is 23.3 Å². The summed E-state index contributed by atoms with van der Waals surface area (Å²) >= 11 is 5.67. The normalized spacial score (nSPS) is 21.4. The number of ether oxygens (including phenoxy) is 2. The topological polar surface area (TPSA) is 18.5 Å². The molecule has 2 nitrogen and oxygen atoms in total. The highest BCUT2D eigenvalue weighted by atomic mass is 79.9. The SMILES string of the molecule is COc1cc2c(cc1OC)C(CBr)SCC(C)(C)C2. The predicted molar refractivity (Wildman–Crippen MR) is 86.0 cm³/mol. The van der Waals surface area contributed by atoms with Crippen LogP contribution < -0.4 is 9.47 Å². The molecule has 0 saturated heterocycles. The molecule has 1 aliphatic rings. The van der Waals surface area contributed by atoms with E-state index in [-0.39, 0.29) is 0 Å². The Morgan fingerprint density at radius 2 is 1.89 bits per heavy atom. The fourth-order valence-electron chi connectivity index (χ4n) is 2.50. The molecule has 19 heavy (non-hydrogen) atoms. The van der Waals surface area contributed by atoms with Crippen LogP contribution >= 0.6 is 27.7 Å². The second-order valence-corrected chi connectivity index (χ2v) is 7.54. The number of hydrogen-bond donors (Lipinski definition) is 0. The number of thioether (sulfide) groups is 1. The first-order valence-corrected chi connectivity index (χ1v) is 8.60. The van der Waals surface area contributed by atoms with Crippen molar-refractivity contribution in [3.8, 4) is 11.5 Å². The lowest BCUT2D eigenvalue weighted by Crippen LogP contribution is -2.16. The molecule has 0 fully saturated rings. The number of alkyl halides is 1. The Morgan fingerprint density at radius 3 is 2.47 bits per heavy atom. The maximum absolute atomic E-state index is 5.44. The molecular formula is C15H21BrO2S. The molecule has 0 radical (unpaired) electrons. The van der Waals surface area contributed by atoms with E-state index in [9.17, 15) is 0 Å². The molecule has 106 valence electrons. The fourth-order valence-corrected chi connectivity index (χ4v) is 4.65. The second-order valence-electron chi connectivity index (χ2n) is 5.70. The van der Waals surface area contributed by atoms with Gasteiger partial charge in [-0.3, -0.25) is 0 Å². The number of methoxy groups -OCH3 is 2. The average molecular weight is 345 g/mol. The summed E-state index contributed by atoms with van der Waals surface area (Å²) in [5, 5.41) is 1.45. The molecule has 1 heterocycles. The van der Waals surface area contributed by atoms with Crippen molar-refractivity contribution in [3.63, 3.8) is 0 Å². The Labute approximate surface area is 128 Å². The fraction of sp³-hybridized carbons (Fsp3) is 0.600. The molecule has 1 aromatic carbocycles. The van der Waals surface area contributed by atoms with Gasteiger partial charge >= 0.3 is 0 Å². The first-order valence-electron chi connectivity index (χ1n) is 6.43. The van der Waals surface area contributed by atoms with Crippen LogP contribution in [0.4, 0.5) is 0 Å². The summed E-state index contributed by atoms with van der Waals surface area (Å²) < 4.78 is 10.9. The number of fused-ring (bicyclic) bond motifs is 1. The van der Waals surface area contributed by atoms with E-state index in [0.717, 1.165) is 23.2 Å². The molecule has 2 rings (SSSR count). The maximum atomic E-state index is 5.44. The van der Waals surface area contributed by atoms with E-state index in [2.05, 4.69) is 41.9 Å². The zero-order valence-corrected chi connectivity index (χ0v) is 14.4. The number of benzene rings is 1. The molecule has 0 spiro atoms. The summed E-state index contributed by atoms with van der Waals surface area (Å²) in [6.07, 6.45) is 1.08. The molecule has 1 aromatic rings. The van der Waals surface area contributed by atoms with Crippen LogP contribution in [0.3, 0.4) is 0 Å². The van der Waals surface area contributed by atoms with Crippen LogP contribution in [0.5, 0.6) is 11.5 Å². The first-order chi connectivity index (χ1) is 9.00. The predicted octanol–water partition coefficient (Wildman–Crippen LogP) is 4.46. The molecule has 0 saturated carbocycles. The van der Waals surface area contributed by atoms with E-state index in [1.807, 2.05) is 11.8 Å². The third-order valence-electron chi connectivity index (χ3n) is 3.48. The van der Waals surface area contributed by atoms with E-state index in [4.69, 9.17) is 9.47 Å². The van der Waals surface area contributed by atoms with Gasteiger partial charge in [-0.1, -0.05) is 29.8 Å². The molecule has 1 aliphatic heterocycles. The summed E-state index contributed by atoms with van der Waals surface area (Å²) in [4.78, 5) is 0. The lowest BCUT2D eigenvalue weighted by atomic mass is 9.85. The van der Waals surface area contributed by atoms with Gasteiger partial charge in [0.05, 0.1) is 14.2 Å². The molecular weight excluding hydrogens is 324 g/mol. The summed E-state index contributed by atoms with van der Waals surface area (Å²) in [6.45, 7) is 4.66. The summed E-state index contributed by atoms with van der Waals surface area (Å²) in [7, 11) is 3.39. The Bertz CT molecular complexity index is 460. The molecule has 0 aromatic heterocycles. The first kappa shape index (κ1) is 15.0. The summed E-state index contributed by atoms with van der Waals surface area (Å²) in [5.41, 5.74) is 3.08. The van der Waals surface area contributed by atoms with Crippen molar-refractivity contribution in [2.24, 2.45) is 5.41 Å². The monoisotopic (exact) mass is 344 g/mol. The van der Waals surface area contributed by atoms with Gasteiger partial charge in [-0.25, -0.2) is 0 Å². The summed E-state index contributed by atoms with van der Waals surface area (Å²) in [5.74, 6) is 2.83. The van der Waals surface area contributed by atoms with Crippen LogP contribution in [-0.2, 0) is 6.42 Å². The largest absolute Gasteiger partial charge is 0.493 e. The lowest BCUT2D eigenvalue weighted by molar-refractivity contribution is 0.352. The standard InChI is InChI=1S/C15H21BrO2S/c1-15(2)7-10-5-12(17-3)13(18-4)6-11(10)14(8-16)19-9-15/h5-6,14H,7-9H2,1-4H3. The maximum Gasteiger partial charge on any atom is 0.161 e. The number of hydrogen-bond acceptors (Lipinski definition) is 3. The van der Waals surface area contributed by atoms with Crippen LogP contribution in [0.25, 0.3) is 0 Å². The molecule has 0 bridgehead atoms. The van der Waals surface area contributed by atoms with Gasteiger partial charge in [-0.2, -0.15) is 11.8 Å². The van der Waals surface area contributed by atoms with Gasteiger partial charge in [-0.15, -0.1) is 0 Å². The van der Waals surface area contributed by atoms with E-state index >= 15 is 0 Å². The van der Waals surface area contributed by atoms with Gasteiger partial charge in [-0.05, 0) is 40.8 Å². The minimum Gasteiger partial charge on any atom is -0.493 e. The smallest absolute Gasteiger partial charge is 0.161 e.